The van der Waals surface area contributed by atoms with E-state index in [4.69, 9.17) is 14.2 Å². The first kappa shape index (κ1) is 19.3. The van der Waals surface area contributed by atoms with Crippen molar-refractivity contribution in [1.29, 1.82) is 0 Å². The minimum absolute atomic E-state index is 0.130. The first-order valence-corrected chi connectivity index (χ1v) is 10.5. The number of hydrogen-bond acceptors (Lipinski definition) is 5. The summed E-state index contributed by atoms with van der Waals surface area (Å²) in [7, 11) is 0. The summed E-state index contributed by atoms with van der Waals surface area (Å²) in [6, 6.07) is 19.5. The van der Waals surface area contributed by atoms with Crippen molar-refractivity contribution in [2.24, 2.45) is 10.8 Å². The maximum atomic E-state index is 13.5. The standard InChI is InChI=1S/C25H26O5/c1-23(2)24(3)14-15-25(23,30-21(24)26)22(27)29-19(17-12-8-5-9-13-17)20-18(28-20)16-10-6-4-7-11-16/h4-13,18-20H,14-15H2,1-3H3/t18-,19-,20-,24+,25-/m1/s1. The Morgan fingerprint density at radius 3 is 2.20 bits per heavy atom. The minimum Gasteiger partial charge on any atom is -0.452 e. The molecule has 0 radical (unpaired) electrons. The van der Waals surface area contributed by atoms with E-state index in [1.54, 1.807) is 0 Å². The highest BCUT2D eigenvalue weighted by Crippen LogP contribution is 2.66. The molecule has 156 valence electrons. The number of rotatable bonds is 5. The Bertz CT molecular complexity index is 985. The van der Waals surface area contributed by atoms with Crippen LogP contribution in [0.3, 0.4) is 0 Å². The molecular weight excluding hydrogens is 380 g/mol. The van der Waals surface area contributed by atoms with Gasteiger partial charge in [-0.2, -0.15) is 0 Å². The Morgan fingerprint density at radius 1 is 1.00 bits per heavy atom. The van der Waals surface area contributed by atoms with Crippen LogP contribution in [-0.4, -0.2) is 23.6 Å². The van der Waals surface area contributed by atoms with Gasteiger partial charge in [0.25, 0.3) is 0 Å². The van der Waals surface area contributed by atoms with Gasteiger partial charge in [-0.1, -0.05) is 74.5 Å². The zero-order chi connectivity index (χ0) is 21.1. The summed E-state index contributed by atoms with van der Waals surface area (Å²) < 4.78 is 17.8. The molecule has 5 rings (SSSR count). The number of benzene rings is 2. The van der Waals surface area contributed by atoms with Crippen molar-refractivity contribution in [3.63, 3.8) is 0 Å². The number of ether oxygens (including phenoxy) is 3. The molecule has 5 atom stereocenters. The second-order valence-corrected chi connectivity index (χ2v) is 9.34. The van der Waals surface area contributed by atoms with Gasteiger partial charge >= 0.3 is 11.9 Å². The van der Waals surface area contributed by atoms with E-state index in [1.807, 2.05) is 81.4 Å². The van der Waals surface area contributed by atoms with Gasteiger partial charge in [-0.25, -0.2) is 4.79 Å². The molecule has 0 unspecified atom stereocenters. The number of epoxide rings is 1. The van der Waals surface area contributed by atoms with Crippen LogP contribution in [0.2, 0.25) is 0 Å². The lowest BCUT2D eigenvalue weighted by Crippen LogP contribution is -2.49. The van der Waals surface area contributed by atoms with E-state index in [2.05, 4.69) is 0 Å². The number of esters is 2. The van der Waals surface area contributed by atoms with Crippen molar-refractivity contribution >= 4 is 11.9 Å². The summed E-state index contributed by atoms with van der Waals surface area (Å²) in [4.78, 5) is 26.1. The zero-order valence-electron chi connectivity index (χ0n) is 17.5. The van der Waals surface area contributed by atoms with Crippen molar-refractivity contribution in [1.82, 2.24) is 0 Å². The maximum Gasteiger partial charge on any atom is 0.351 e. The van der Waals surface area contributed by atoms with Gasteiger partial charge in [0.15, 0.2) is 6.10 Å². The van der Waals surface area contributed by atoms with Gasteiger partial charge in [0.05, 0.1) is 5.41 Å². The van der Waals surface area contributed by atoms with Crippen molar-refractivity contribution in [2.75, 3.05) is 0 Å². The highest BCUT2D eigenvalue weighted by molar-refractivity contribution is 5.93. The predicted octanol–water partition coefficient (Wildman–Crippen LogP) is 4.53. The Hall–Kier alpha value is -2.66. The average molecular weight is 406 g/mol. The van der Waals surface area contributed by atoms with Crippen LogP contribution in [0.5, 0.6) is 0 Å². The minimum atomic E-state index is -1.25. The van der Waals surface area contributed by atoms with E-state index in [0.29, 0.717) is 12.8 Å². The zero-order valence-corrected chi connectivity index (χ0v) is 17.5. The van der Waals surface area contributed by atoms with E-state index in [1.165, 1.54) is 0 Å². The lowest BCUT2D eigenvalue weighted by Gasteiger charge is -2.35. The lowest BCUT2D eigenvalue weighted by atomic mass is 9.66. The highest BCUT2D eigenvalue weighted by Gasteiger charge is 2.76. The van der Waals surface area contributed by atoms with E-state index >= 15 is 0 Å². The number of hydrogen-bond donors (Lipinski definition) is 0. The van der Waals surface area contributed by atoms with Crippen LogP contribution in [0.4, 0.5) is 0 Å². The molecule has 30 heavy (non-hydrogen) atoms. The molecule has 2 bridgehead atoms. The van der Waals surface area contributed by atoms with Crippen molar-refractivity contribution in [3.05, 3.63) is 71.8 Å². The smallest absolute Gasteiger partial charge is 0.351 e. The first-order valence-electron chi connectivity index (χ1n) is 10.5. The summed E-state index contributed by atoms with van der Waals surface area (Å²) in [5, 5.41) is 0. The molecule has 3 fully saturated rings. The second kappa shape index (κ2) is 6.42. The fraction of sp³-hybridized carbons (Fsp3) is 0.440. The summed E-state index contributed by atoms with van der Waals surface area (Å²) in [5.41, 5.74) is -0.634. The summed E-state index contributed by atoms with van der Waals surface area (Å²) in [6.07, 6.45) is 0.130. The van der Waals surface area contributed by atoms with E-state index in [0.717, 1.165) is 11.1 Å². The van der Waals surface area contributed by atoms with Crippen molar-refractivity contribution < 1.29 is 23.8 Å². The van der Waals surface area contributed by atoms with Crippen LogP contribution >= 0.6 is 0 Å². The maximum absolute atomic E-state index is 13.5. The molecule has 5 nitrogen and oxygen atoms in total. The molecule has 2 heterocycles. The van der Waals surface area contributed by atoms with Gasteiger partial charge in [-0.05, 0) is 30.9 Å². The molecule has 2 aromatic rings. The quantitative estimate of drug-likeness (QED) is 0.539. The molecule has 0 aromatic heterocycles. The SMILES string of the molecule is CC1(C)[C@@]2(C)CC[C@]1(C(=O)O[C@H](c1ccccc1)[C@@H]1O[C@@H]1c1ccccc1)OC2=O. The molecule has 2 aliphatic heterocycles. The fourth-order valence-corrected chi connectivity index (χ4v) is 5.15. The molecule has 2 saturated heterocycles. The summed E-state index contributed by atoms with van der Waals surface area (Å²) in [6.45, 7) is 5.76. The Balaban J connectivity index is 1.44. The molecule has 0 N–H and O–H groups in total. The molecule has 2 aromatic carbocycles. The molecule has 3 aliphatic rings. The third kappa shape index (κ3) is 2.51. The van der Waals surface area contributed by atoms with Gasteiger partial charge in [0.1, 0.15) is 12.2 Å². The normalized spacial score (nSPS) is 34.3. The largest absolute Gasteiger partial charge is 0.452 e. The van der Waals surface area contributed by atoms with Gasteiger partial charge in [0.2, 0.25) is 5.60 Å². The molecule has 1 saturated carbocycles. The molecular formula is C25H26O5. The van der Waals surface area contributed by atoms with Gasteiger partial charge in [0, 0.05) is 5.41 Å². The van der Waals surface area contributed by atoms with Gasteiger partial charge in [-0.15, -0.1) is 0 Å². The molecule has 1 aliphatic carbocycles. The monoisotopic (exact) mass is 406 g/mol. The lowest BCUT2D eigenvalue weighted by molar-refractivity contribution is -0.188. The van der Waals surface area contributed by atoms with Crippen LogP contribution in [0.1, 0.15) is 56.9 Å². The summed E-state index contributed by atoms with van der Waals surface area (Å²) >= 11 is 0. The molecule has 5 heteroatoms. The van der Waals surface area contributed by atoms with Crippen LogP contribution in [0, 0.1) is 10.8 Å². The van der Waals surface area contributed by atoms with Crippen LogP contribution in [0.15, 0.2) is 60.7 Å². The summed E-state index contributed by atoms with van der Waals surface area (Å²) in [5.74, 6) is -0.782. The Labute approximate surface area is 176 Å². The fourth-order valence-electron chi connectivity index (χ4n) is 5.15. The Kier molecular flexibility index (Phi) is 4.13. The van der Waals surface area contributed by atoms with Crippen molar-refractivity contribution in [2.45, 2.75) is 57.5 Å². The second-order valence-electron chi connectivity index (χ2n) is 9.34. The van der Waals surface area contributed by atoms with Gasteiger partial charge in [-0.3, -0.25) is 4.79 Å². The van der Waals surface area contributed by atoms with Crippen LogP contribution < -0.4 is 0 Å². The topological polar surface area (TPSA) is 65.1 Å². The first-order chi connectivity index (χ1) is 14.3. The third-order valence-corrected chi connectivity index (χ3v) is 7.73. The Morgan fingerprint density at radius 2 is 1.63 bits per heavy atom. The number of fused-ring (bicyclic) bond motifs is 2. The predicted molar refractivity (Wildman–Crippen MR) is 109 cm³/mol. The van der Waals surface area contributed by atoms with E-state index in [-0.39, 0.29) is 18.2 Å². The van der Waals surface area contributed by atoms with Gasteiger partial charge < -0.3 is 14.2 Å². The van der Waals surface area contributed by atoms with E-state index < -0.39 is 28.5 Å². The number of carbonyl (C=O) groups is 2. The van der Waals surface area contributed by atoms with Crippen molar-refractivity contribution in [3.8, 4) is 0 Å². The number of carbonyl (C=O) groups excluding carboxylic acids is 2. The van der Waals surface area contributed by atoms with Crippen LogP contribution in [0.25, 0.3) is 0 Å². The molecule has 0 amide bonds. The highest BCUT2D eigenvalue weighted by atomic mass is 16.6. The third-order valence-electron chi connectivity index (χ3n) is 7.73. The van der Waals surface area contributed by atoms with Crippen LogP contribution in [-0.2, 0) is 23.8 Å². The van der Waals surface area contributed by atoms with E-state index in [9.17, 15) is 9.59 Å². The average Bonchev–Trinajstić information content (AvgIpc) is 3.49. The molecule has 0 spiro atoms.